The molecule has 1 aromatic carbocycles. The van der Waals surface area contributed by atoms with Crippen molar-refractivity contribution in [3.05, 3.63) is 35.4 Å². The fraction of sp³-hybridized carbons (Fsp3) is 0.500. The molecule has 1 aromatic rings. The van der Waals surface area contributed by atoms with Crippen LogP contribution in [0.25, 0.3) is 0 Å². The molecule has 4 nitrogen and oxygen atoms in total. The van der Waals surface area contributed by atoms with E-state index in [1.807, 2.05) is 6.92 Å². The smallest absolute Gasteiger partial charge is 0.326 e. The van der Waals surface area contributed by atoms with Crippen LogP contribution in [0.15, 0.2) is 24.3 Å². The van der Waals surface area contributed by atoms with E-state index in [1.54, 1.807) is 0 Å². The molecule has 1 saturated heterocycles. The third kappa shape index (κ3) is 3.59. The fourth-order valence-electron chi connectivity index (χ4n) is 2.66. The minimum Gasteiger partial charge on any atom is -0.480 e. The second kappa shape index (κ2) is 6.55. The van der Waals surface area contributed by atoms with Crippen LogP contribution in [0, 0.1) is 6.92 Å². The van der Waals surface area contributed by atoms with Crippen molar-refractivity contribution in [1.29, 1.82) is 0 Å². The number of carbonyl (C=O) groups is 2. The van der Waals surface area contributed by atoms with Gasteiger partial charge in [-0.1, -0.05) is 29.8 Å². The Morgan fingerprint density at radius 1 is 1.30 bits per heavy atom. The number of aliphatic carboxylic acids is 1. The van der Waals surface area contributed by atoms with Gasteiger partial charge in [-0.15, -0.1) is 0 Å². The summed E-state index contributed by atoms with van der Waals surface area (Å²) in [5.41, 5.74) is 2.45. The molecule has 1 N–H and O–H groups in total. The summed E-state index contributed by atoms with van der Waals surface area (Å²) in [6.07, 6.45) is 3.43. The number of likely N-dealkylation sites (tertiary alicyclic amines) is 1. The first-order valence-corrected chi connectivity index (χ1v) is 7.16. The van der Waals surface area contributed by atoms with E-state index in [0.29, 0.717) is 19.4 Å². The highest BCUT2D eigenvalue weighted by atomic mass is 16.4. The molecule has 0 aliphatic carbocycles. The van der Waals surface area contributed by atoms with E-state index in [9.17, 15) is 9.59 Å². The van der Waals surface area contributed by atoms with E-state index >= 15 is 0 Å². The van der Waals surface area contributed by atoms with Crippen molar-refractivity contribution in [2.45, 2.75) is 45.1 Å². The standard InChI is InChI=1S/C16H21NO3/c1-12-7-9-13(10-8-12)4-2-6-15(18)17-11-3-5-14(17)16(19)20/h7-10,14H,2-6,11H2,1H3,(H,19,20)/t14-/m1/s1. The quantitative estimate of drug-likeness (QED) is 0.897. The number of hydrogen-bond acceptors (Lipinski definition) is 2. The summed E-state index contributed by atoms with van der Waals surface area (Å²) < 4.78 is 0. The fourth-order valence-corrected chi connectivity index (χ4v) is 2.66. The SMILES string of the molecule is Cc1ccc(CCCC(=O)N2CCC[C@@H]2C(=O)O)cc1. The van der Waals surface area contributed by atoms with Crippen molar-refractivity contribution in [2.24, 2.45) is 0 Å². The van der Waals surface area contributed by atoms with Crippen molar-refractivity contribution in [3.8, 4) is 0 Å². The van der Waals surface area contributed by atoms with Crippen molar-refractivity contribution in [2.75, 3.05) is 6.54 Å². The number of amides is 1. The van der Waals surface area contributed by atoms with Crippen molar-refractivity contribution < 1.29 is 14.7 Å². The summed E-state index contributed by atoms with van der Waals surface area (Å²) in [6.45, 7) is 2.63. The topological polar surface area (TPSA) is 57.6 Å². The molecule has 0 unspecified atom stereocenters. The van der Waals surface area contributed by atoms with Gasteiger partial charge in [-0.25, -0.2) is 4.79 Å². The summed E-state index contributed by atoms with van der Waals surface area (Å²) in [5, 5.41) is 9.07. The van der Waals surface area contributed by atoms with Gasteiger partial charge in [0.25, 0.3) is 0 Å². The van der Waals surface area contributed by atoms with Gasteiger partial charge in [0.05, 0.1) is 0 Å². The number of benzene rings is 1. The Morgan fingerprint density at radius 2 is 2.00 bits per heavy atom. The average Bonchev–Trinajstić information content (AvgIpc) is 2.90. The maximum Gasteiger partial charge on any atom is 0.326 e. The average molecular weight is 275 g/mol. The van der Waals surface area contributed by atoms with E-state index in [4.69, 9.17) is 5.11 Å². The van der Waals surface area contributed by atoms with E-state index in [-0.39, 0.29) is 5.91 Å². The monoisotopic (exact) mass is 275 g/mol. The first kappa shape index (κ1) is 14.6. The third-order valence-electron chi connectivity index (χ3n) is 3.83. The summed E-state index contributed by atoms with van der Waals surface area (Å²) in [5.74, 6) is -0.906. The lowest BCUT2D eigenvalue weighted by atomic mass is 10.1. The Bertz CT molecular complexity index is 481. The van der Waals surface area contributed by atoms with Crippen LogP contribution in [0.4, 0.5) is 0 Å². The second-order valence-corrected chi connectivity index (χ2v) is 5.42. The number of hydrogen-bond donors (Lipinski definition) is 1. The van der Waals surface area contributed by atoms with Gasteiger partial charge in [0.2, 0.25) is 5.91 Å². The van der Waals surface area contributed by atoms with Crippen molar-refractivity contribution in [3.63, 3.8) is 0 Å². The van der Waals surface area contributed by atoms with Crippen LogP contribution in [-0.4, -0.2) is 34.5 Å². The van der Waals surface area contributed by atoms with Crippen LogP contribution in [0.1, 0.15) is 36.8 Å². The molecular weight excluding hydrogens is 254 g/mol. The molecule has 20 heavy (non-hydrogen) atoms. The van der Waals surface area contributed by atoms with E-state index in [1.165, 1.54) is 16.0 Å². The molecule has 108 valence electrons. The van der Waals surface area contributed by atoms with Crippen molar-refractivity contribution >= 4 is 11.9 Å². The summed E-state index contributed by atoms with van der Waals surface area (Å²) in [7, 11) is 0. The van der Waals surface area contributed by atoms with Crippen molar-refractivity contribution in [1.82, 2.24) is 4.90 Å². The van der Waals surface area contributed by atoms with Crippen LogP contribution in [-0.2, 0) is 16.0 Å². The largest absolute Gasteiger partial charge is 0.480 e. The molecule has 1 heterocycles. The highest BCUT2D eigenvalue weighted by molar-refractivity contribution is 5.84. The summed E-state index contributed by atoms with van der Waals surface area (Å²) >= 11 is 0. The lowest BCUT2D eigenvalue weighted by Gasteiger charge is -2.21. The maximum atomic E-state index is 12.1. The van der Waals surface area contributed by atoms with Crippen LogP contribution in [0.3, 0.4) is 0 Å². The zero-order valence-corrected chi connectivity index (χ0v) is 11.8. The highest BCUT2D eigenvalue weighted by Gasteiger charge is 2.33. The van der Waals surface area contributed by atoms with Gasteiger partial charge in [-0.05, 0) is 38.2 Å². The maximum absolute atomic E-state index is 12.1. The van der Waals surface area contributed by atoms with Gasteiger partial charge in [0, 0.05) is 13.0 Å². The van der Waals surface area contributed by atoms with Gasteiger partial charge in [0.1, 0.15) is 6.04 Å². The minimum absolute atomic E-state index is 0.0259. The molecule has 2 rings (SSSR count). The molecule has 1 aliphatic rings. The van der Waals surface area contributed by atoms with Crippen LogP contribution in [0.2, 0.25) is 0 Å². The number of aryl methyl sites for hydroxylation is 2. The van der Waals surface area contributed by atoms with E-state index < -0.39 is 12.0 Å². The number of carboxylic acids is 1. The molecule has 4 heteroatoms. The molecule has 0 bridgehead atoms. The Morgan fingerprint density at radius 3 is 2.65 bits per heavy atom. The number of carboxylic acid groups (broad SMARTS) is 1. The summed E-state index contributed by atoms with van der Waals surface area (Å²) in [6, 6.07) is 7.68. The molecule has 1 amide bonds. The van der Waals surface area contributed by atoms with Gasteiger partial charge in [-0.3, -0.25) is 4.79 Å². The molecule has 0 aromatic heterocycles. The zero-order chi connectivity index (χ0) is 14.5. The molecule has 1 atom stereocenters. The molecule has 0 saturated carbocycles. The number of rotatable bonds is 5. The lowest BCUT2D eigenvalue weighted by molar-refractivity contribution is -0.148. The predicted octanol–water partition coefficient (Wildman–Crippen LogP) is 2.39. The molecule has 0 spiro atoms. The second-order valence-electron chi connectivity index (χ2n) is 5.42. The van der Waals surface area contributed by atoms with Gasteiger partial charge < -0.3 is 10.0 Å². The zero-order valence-electron chi connectivity index (χ0n) is 11.8. The van der Waals surface area contributed by atoms with Gasteiger partial charge in [-0.2, -0.15) is 0 Å². The van der Waals surface area contributed by atoms with Crippen LogP contribution in [0.5, 0.6) is 0 Å². The predicted molar refractivity (Wildman–Crippen MR) is 76.5 cm³/mol. The molecular formula is C16H21NO3. The van der Waals surface area contributed by atoms with E-state index in [2.05, 4.69) is 24.3 Å². The Kier molecular flexibility index (Phi) is 4.77. The highest BCUT2D eigenvalue weighted by Crippen LogP contribution is 2.19. The Balaban J connectivity index is 1.80. The first-order chi connectivity index (χ1) is 9.58. The number of nitrogens with zero attached hydrogens (tertiary/aromatic N) is 1. The number of carbonyl (C=O) groups excluding carboxylic acids is 1. The molecule has 1 aliphatic heterocycles. The van der Waals surface area contributed by atoms with Gasteiger partial charge >= 0.3 is 5.97 Å². The molecule has 1 fully saturated rings. The Labute approximate surface area is 119 Å². The Hall–Kier alpha value is -1.84. The van der Waals surface area contributed by atoms with Crippen LogP contribution >= 0.6 is 0 Å². The lowest BCUT2D eigenvalue weighted by Crippen LogP contribution is -2.40. The van der Waals surface area contributed by atoms with Crippen LogP contribution < -0.4 is 0 Å². The van der Waals surface area contributed by atoms with E-state index in [0.717, 1.165) is 19.3 Å². The summed E-state index contributed by atoms with van der Waals surface area (Å²) in [4.78, 5) is 24.6. The third-order valence-corrected chi connectivity index (χ3v) is 3.83. The first-order valence-electron chi connectivity index (χ1n) is 7.16. The minimum atomic E-state index is -0.880. The van der Waals surface area contributed by atoms with Gasteiger partial charge in [0.15, 0.2) is 0 Å². The molecule has 0 radical (unpaired) electrons. The normalized spacial score (nSPS) is 18.2.